The lowest BCUT2D eigenvalue weighted by Crippen LogP contribution is -2.14. The van der Waals surface area contributed by atoms with Crippen molar-refractivity contribution in [3.8, 4) is 0 Å². The predicted molar refractivity (Wildman–Crippen MR) is 84.9 cm³/mol. The Hall–Kier alpha value is -2.05. The second kappa shape index (κ2) is 6.15. The summed E-state index contributed by atoms with van der Waals surface area (Å²) in [6.45, 7) is 0. The van der Waals surface area contributed by atoms with Crippen LogP contribution in [0, 0.1) is 0 Å². The summed E-state index contributed by atoms with van der Waals surface area (Å²) in [5, 5.41) is 11.7. The summed E-state index contributed by atoms with van der Waals surface area (Å²) < 4.78 is 0.603. The lowest BCUT2D eigenvalue weighted by molar-refractivity contribution is 0.0697. The number of aromatic carboxylic acids is 1. The molecule has 0 bridgehead atoms. The fraction of sp³-hybridized carbons (Fsp3) is 0. The normalized spacial score (nSPS) is 10.2. The van der Waals surface area contributed by atoms with Gasteiger partial charge < -0.3 is 16.2 Å². The maximum absolute atomic E-state index is 12.2. The van der Waals surface area contributed by atoms with Crippen molar-refractivity contribution in [3.05, 3.63) is 57.0 Å². The van der Waals surface area contributed by atoms with Crippen molar-refractivity contribution in [2.24, 2.45) is 0 Å². The number of rotatable bonds is 3. The monoisotopic (exact) mass is 368 g/mol. The van der Waals surface area contributed by atoms with Gasteiger partial charge in [-0.1, -0.05) is 17.7 Å². The third-order valence-electron chi connectivity index (χ3n) is 2.74. The molecule has 0 unspecified atom stereocenters. The molecule has 0 saturated heterocycles. The molecule has 0 fully saturated rings. The summed E-state index contributed by atoms with van der Waals surface area (Å²) in [5.74, 6) is -1.52. The Morgan fingerprint density at radius 2 is 1.95 bits per heavy atom. The van der Waals surface area contributed by atoms with Gasteiger partial charge in [0.2, 0.25) is 0 Å². The number of hydrogen-bond acceptors (Lipinski definition) is 3. The van der Waals surface area contributed by atoms with Crippen molar-refractivity contribution in [1.82, 2.24) is 0 Å². The molecule has 0 spiro atoms. The van der Waals surface area contributed by atoms with E-state index in [4.69, 9.17) is 22.4 Å². The van der Waals surface area contributed by atoms with Crippen LogP contribution in [0.2, 0.25) is 5.02 Å². The molecule has 7 heteroatoms. The highest BCUT2D eigenvalue weighted by Gasteiger charge is 2.14. The van der Waals surface area contributed by atoms with Gasteiger partial charge in [-0.3, -0.25) is 4.79 Å². The average molecular weight is 370 g/mol. The molecular formula is C14H10BrClN2O3. The predicted octanol–water partition coefficient (Wildman–Crippen LogP) is 3.64. The number of nitrogen functional groups attached to an aromatic ring is 1. The van der Waals surface area contributed by atoms with Crippen LogP contribution in [-0.4, -0.2) is 17.0 Å². The van der Waals surface area contributed by atoms with Crippen molar-refractivity contribution in [2.75, 3.05) is 11.1 Å². The molecule has 0 aliphatic carbocycles. The van der Waals surface area contributed by atoms with Crippen molar-refractivity contribution in [2.45, 2.75) is 0 Å². The first kappa shape index (κ1) is 15.3. The van der Waals surface area contributed by atoms with E-state index in [0.29, 0.717) is 10.2 Å². The number of halogens is 2. The summed E-state index contributed by atoms with van der Waals surface area (Å²) >= 11 is 9.28. The van der Waals surface area contributed by atoms with E-state index in [-0.39, 0.29) is 21.8 Å². The van der Waals surface area contributed by atoms with Crippen molar-refractivity contribution in [1.29, 1.82) is 0 Å². The van der Waals surface area contributed by atoms with Crippen LogP contribution in [0.5, 0.6) is 0 Å². The number of carbonyl (C=O) groups excluding carboxylic acids is 1. The van der Waals surface area contributed by atoms with E-state index in [2.05, 4.69) is 21.2 Å². The molecule has 0 aromatic heterocycles. The number of anilines is 2. The van der Waals surface area contributed by atoms with Crippen LogP contribution in [-0.2, 0) is 0 Å². The molecule has 2 aromatic rings. The van der Waals surface area contributed by atoms with Gasteiger partial charge in [0, 0.05) is 4.47 Å². The van der Waals surface area contributed by atoms with Gasteiger partial charge in [0.15, 0.2) is 0 Å². The molecule has 1 amide bonds. The van der Waals surface area contributed by atoms with E-state index < -0.39 is 11.9 Å². The largest absolute Gasteiger partial charge is 0.478 e. The first-order valence-corrected chi connectivity index (χ1v) is 6.95. The average Bonchev–Trinajstić information content (AvgIpc) is 2.43. The maximum atomic E-state index is 12.2. The van der Waals surface area contributed by atoms with Crippen molar-refractivity contribution < 1.29 is 14.7 Å². The molecule has 0 aliphatic heterocycles. The number of nitrogens with one attached hydrogen (secondary N) is 1. The molecule has 108 valence electrons. The summed E-state index contributed by atoms with van der Waals surface area (Å²) in [5.41, 5.74) is 6.55. The minimum Gasteiger partial charge on any atom is -0.478 e. The molecule has 0 radical (unpaired) electrons. The smallest absolute Gasteiger partial charge is 0.335 e. The Kier molecular flexibility index (Phi) is 4.50. The number of benzene rings is 2. The zero-order chi connectivity index (χ0) is 15.6. The Morgan fingerprint density at radius 3 is 2.57 bits per heavy atom. The lowest BCUT2D eigenvalue weighted by atomic mass is 10.1. The number of hydrogen-bond donors (Lipinski definition) is 3. The highest BCUT2D eigenvalue weighted by Crippen LogP contribution is 2.27. The third kappa shape index (κ3) is 3.34. The molecule has 0 aliphatic rings. The van der Waals surface area contributed by atoms with Gasteiger partial charge >= 0.3 is 5.97 Å². The van der Waals surface area contributed by atoms with E-state index in [1.54, 1.807) is 18.2 Å². The van der Waals surface area contributed by atoms with Crippen molar-refractivity contribution >= 4 is 50.8 Å². The maximum Gasteiger partial charge on any atom is 0.335 e. The minimum absolute atomic E-state index is 0.0472. The van der Waals surface area contributed by atoms with Crippen LogP contribution in [0.15, 0.2) is 40.9 Å². The van der Waals surface area contributed by atoms with Gasteiger partial charge in [0.25, 0.3) is 5.91 Å². The SMILES string of the molecule is Nc1cc(C(=O)O)ccc1NC(=O)c1cccc(Br)c1Cl. The number of nitrogens with two attached hydrogens (primary N) is 1. The summed E-state index contributed by atoms with van der Waals surface area (Å²) in [6, 6.07) is 9.04. The number of carbonyl (C=O) groups is 2. The van der Waals surface area contributed by atoms with Gasteiger partial charge in [-0.2, -0.15) is 0 Å². The Labute approximate surface area is 133 Å². The van der Waals surface area contributed by atoms with Crippen LogP contribution in [0.25, 0.3) is 0 Å². The topological polar surface area (TPSA) is 92.4 Å². The molecule has 0 saturated carbocycles. The summed E-state index contributed by atoms with van der Waals surface area (Å²) in [4.78, 5) is 23.0. The Bertz CT molecular complexity index is 734. The third-order valence-corrected chi connectivity index (χ3v) is 4.04. The van der Waals surface area contributed by atoms with Crippen LogP contribution in [0.4, 0.5) is 11.4 Å². The fourth-order valence-corrected chi connectivity index (χ4v) is 2.26. The van der Waals surface area contributed by atoms with Crippen LogP contribution >= 0.6 is 27.5 Å². The second-order valence-electron chi connectivity index (χ2n) is 4.16. The van der Waals surface area contributed by atoms with Gasteiger partial charge in [0.05, 0.1) is 27.5 Å². The molecule has 0 heterocycles. The van der Waals surface area contributed by atoms with Gasteiger partial charge in [-0.05, 0) is 46.3 Å². The second-order valence-corrected chi connectivity index (χ2v) is 5.39. The van der Waals surface area contributed by atoms with Crippen LogP contribution in [0.3, 0.4) is 0 Å². The fourth-order valence-electron chi connectivity index (χ4n) is 1.68. The van der Waals surface area contributed by atoms with Crippen LogP contribution < -0.4 is 11.1 Å². The van der Waals surface area contributed by atoms with Gasteiger partial charge in [0.1, 0.15) is 0 Å². The molecule has 4 N–H and O–H groups in total. The molecular weight excluding hydrogens is 360 g/mol. The first-order chi connectivity index (χ1) is 9.90. The standard InChI is InChI=1S/C14H10BrClN2O3/c15-9-3-1-2-8(12(9)16)13(19)18-11-5-4-7(14(20)21)6-10(11)17/h1-6H,17H2,(H,18,19)(H,20,21). The minimum atomic E-state index is -1.09. The summed E-state index contributed by atoms with van der Waals surface area (Å²) in [6.07, 6.45) is 0. The van der Waals surface area contributed by atoms with E-state index in [1.165, 1.54) is 18.2 Å². The number of carboxylic acid groups (broad SMARTS) is 1. The Balaban J connectivity index is 2.28. The highest BCUT2D eigenvalue weighted by atomic mass is 79.9. The van der Waals surface area contributed by atoms with E-state index in [9.17, 15) is 9.59 Å². The van der Waals surface area contributed by atoms with Gasteiger partial charge in [-0.15, -0.1) is 0 Å². The van der Waals surface area contributed by atoms with Crippen molar-refractivity contribution in [3.63, 3.8) is 0 Å². The number of amides is 1. The number of carboxylic acids is 1. The van der Waals surface area contributed by atoms with Crippen LogP contribution in [0.1, 0.15) is 20.7 Å². The molecule has 5 nitrogen and oxygen atoms in total. The Morgan fingerprint density at radius 1 is 1.24 bits per heavy atom. The highest BCUT2D eigenvalue weighted by molar-refractivity contribution is 9.10. The lowest BCUT2D eigenvalue weighted by Gasteiger charge is -2.10. The quantitative estimate of drug-likeness (QED) is 0.720. The van der Waals surface area contributed by atoms with E-state index in [0.717, 1.165) is 0 Å². The molecule has 2 rings (SSSR count). The first-order valence-electron chi connectivity index (χ1n) is 5.78. The van der Waals surface area contributed by atoms with Gasteiger partial charge in [-0.25, -0.2) is 4.79 Å². The molecule has 2 aromatic carbocycles. The van der Waals surface area contributed by atoms with E-state index in [1.807, 2.05) is 0 Å². The molecule has 0 atom stereocenters. The zero-order valence-corrected chi connectivity index (χ0v) is 12.9. The molecule has 21 heavy (non-hydrogen) atoms. The zero-order valence-electron chi connectivity index (χ0n) is 10.6. The van der Waals surface area contributed by atoms with E-state index >= 15 is 0 Å². The summed E-state index contributed by atoms with van der Waals surface area (Å²) in [7, 11) is 0.